The van der Waals surface area contributed by atoms with Crippen molar-refractivity contribution in [3.8, 4) is 5.75 Å². The van der Waals surface area contributed by atoms with Gasteiger partial charge in [-0.05, 0) is 58.4 Å². The quantitative estimate of drug-likeness (QED) is 0.921. The third kappa shape index (κ3) is 4.47. The number of benzene rings is 1. The molecule has 23 heavy (non-hydrogen) atoms. The summed E-state index contributed by atoms with van der Waals surface area (Å²) >= 11 is 0. The molecule has 1 saturated heterocycles. The smallest absolute Gasteiger partial charge is 0.321 e. The molecule has 5 nitrogen and oxygen atoms in total. The number of carbonyl (C=O) groups excluding carboxylic acids is 1. The van der Waals surface area contributed by atoms with Gasteiger partial charge < -0.3 is 15.0 Å². The van der Waals surface area contributed by atoms with Crippen LogP contribution < -0.4 is 10.1 Å². The van der Waals surface area contributed by atoms with E-state index in [1.807, 2.05) is 52.8 Å². The highest BCUT2D eigenvalue weighted by atomic mass is 32.2. The molecule has 0 unspecified atom stereocenters. The molecular formula is C17H26N2O3S. The number of carbonyl (C=O) groups is 1. The third-order valence-electron chi connectivity index (χ3n) is 3.83. The Morgan fingerprint density at radius 3 is 2.65 bits per heavy atom. The Bertz CT molecular complexity index is 614. The SMILES string of the molecule is Cc1cc(OC(C)C)ccc1NC(=O)N1CC[S@@](=O)C(C)(C)C1. The zero-order valence-corrected chi connectivity index (χ0v) is 15.3. The number of hydrogen-bond donors (Lipinski definition) is 1. The van der Waals surface area contributed by atoms with Crippen LogP contribution in [0.5, 0.6) is 5.75 Å². The highest BCUT2D eigenvalue weighted by molar-refractivity contribution is 7.86. The molecule has 6 heteroatoms. The van der Waals surface area contributed by atoms with Gasteiger partial charge in [0.2, 0.25) is 0 Å². The van der Waals surface area contributed by atoms with Crippen molar-refractivity contribution in [2.24, 2.45) is 0 Å². The zero-order chi connectivity index (χ0) is 17.2. The molecule has 1 aromatic carbocycles. The van der Waals surface area contributed by atoms with Crippen molar-refractivity contribution in [3.63, 3.8) is 0 Å². The van der Waals surface area contributed by atoms with Gasteiger partial charge in [0.1, 0.15) is 5.75 Å². The van der Waals surface area contributed by atoms with E-state index in [0.29, 0.717) is 18.8 Å². The van der Waals surface area contributed by atoms with E-state index in [4.69, 9.17) is 4.74 Å². The molecule has 2 rings (SSSR count). The number of ether oxygens (including phenoxy) is 1. The minimum Gasteiger partial charge on any atom is -0.491 e. The topological polar surface area (TPSA) is 58.6 Å². The van der Waals surface area contributed by atoms with Crippen LogP contribution in [0.2, 0.25) is 0 Å². The number of urea groups is 1. The van der Waals surface area contributed by atoms with E-state index in [2.05, 4.69) is 5.32 Å². The van der Waals surface area contributed by atoms with E-state index in [1.54, 1.807) is 4.90 Å². The van der Waals surface area contributed by atoms with Gasteiger partial charge in [-0.2, -0.15) is 0 Å². The first-order valence-corrected chi connectivity index (χ1v) is 9.22. The van der Waals surface area contributed by atoms with Crippen molar-refractivity contribution in [2.75, 3.05) is 24.2 Å². The van der Waals surface area contributed by atoms with Crippen LogP contribution in [0.25, 0.3) is 0 Å². The summed E-state index contributed by atoms with van der Waals surface area (Å²) in [5.74, 6) is 1.32. The minimum atomic E-state index is -0.886. The average molecular weight is 338 g/mol. The van der Waals surface area contributed by atoms with Gasteiger partial charge in [0.15, 0.2) is 0 Å². The highest BCUT2D eigenvalue weighted by Crippen LogP contribution is 2.24. The lowest BCUT2D eigenvalue weighted by atomic mass is 10.2. The van der Waals surface area contributed by atoms with Gasteiger partial charge in [0.05, 0.1) is 10.9 Å². The minimum absolute atomic E-state index is 0.117. The Hall–Kier alpha value is -1.56. The summed E-state index contributed by atoms with van der Waals surface area (Å²) in [6, 6.07) is 5.50. The van der Waals surface area contributed by atoms with E-state index in [1.165, 1.54) is 0 Å². The summed E-state index contributed by atoms with van der Waals surface area (Å²) in [5, 5.41) is 2.95. The maximum atomic E-state index is 12.5. The number of rotatable bonds is 3. The van der Waals surface area contributed by atoms with Crippen LogP contribution in [0.1, 0.15) is 33.3 Å². The van der Waals surface area contributed by atoms with E-state index in [9.17, 15) is 9.00 Å². The van der Waals surface area contributed by atoms with Gasteiger partial charge in [-0.3, -0.25) is 4.21 Å². The summed E-state index contributed by atoms with van der Waals surface area (Å²) in [4.78, 5) is 14.2. The number of nitrogens with one attached hydrogen (secondary N) is 1. The summed E-state index contributed by atoms with van der Waals surface area (Å²) in [5.41, 5.74) is 1.73. The maximum absolute atomic E-state index is 12.5. The van der Waals surface area contributed by atoms with Crippen molar-refractivity contribution in [1.29, 1.82) is 0 Å². The lowest BCUT2D eigenvalue weighted by Crippen LogP contribution is -2.53. The molecule has 0 aliphatic carbocycles. The van der Waals surface area contributed by atoms with Crippen molar-refractivity contribution in [1.82, 2.24) is 4.90 Å². The van der Waals surface area contributed by atoms with E-state index in [-0.39, 0.29) is 16.9 Å². The van der Waals surface area contributed by atoms with Gasteiger partial charge in [-0.1, -0.05) is 0 Å². The van der Waals surface area contributed by atoms with Crippen LogP contribution >= 0.6 is 0 Å². The molecule has 1 aliphatic rings. The first kappa shape index (κ1) is 17.8. The van der Waals surface area contributed by atoms with E-state index >= 15 is 0 Å². The predicted molar refractivity (Wildman–Crippen MR) is 94.6 cm³/mol. The number of aryl methyl sites for hydroxylation is 1. The fraction of sp³-hybridized carbons (Fsp3) is 0.588. The Morgan fingerprint density at radius 1 is 1.39 bits per heavy atom. The molecule has 2 amide bonds. The van der Waals surface area contributed by atoms with Crippen LogP contribution in [-0.2, 0) is 10.8 Å². The Morgan fingerprint density at radius 2 is 2.09 bits per heavy atom. The second-order valence-corrected chi connectivity index (χ2v) is 9.01. The second kappa shape index (κ2) is 6.91. The number of anilines is 1. The lowest BCUT2D eigenvalue weighted by Gasteiger charge is -2.37. The highest BCUT2D eigenvalue weighted by Gasteiger charge is 2.35. The predicted octanol–water partition coefficient (Wildman–Crippen LogP) is 3.16. The molecule has 1 aliphatic heterocycles. The molecule has 1 fully saturated rings. The van der Waals surface area contributed by atoms with Crippen LogP contribution in [0, 0.1) is 6.92 Å². The molecule has 0 radical (unpaired) electrons. The first-order chi connectivity index (χ1) is 10.7. The van der Waals surface area contributed by atoms with Gasteiger partial charge in [0, 0.05) is 35.3 Å². The molecule has 1 heterocycles. The van der Waals surface area contributed by atoms with E-state index < -0.39 is 10.8 Å². The lowest BCUT2D eigenvalue weighted by molar-refractivity contribution is 0.207. The zero-order valence-electron chi connectivity index (χ0n) is 14.5. The standard InChI is InChI=1S/C17H26N2O3S/c1-12(2)22-14-6-7-15(13(3)10-14)18-16(20)19-8-9-23(21)17(4,5)11-19/h6-7,10,12H,8-9,11H2,1-5H3,(H,18,20)/t23-/m1/s1. The number of nitrogens with zero attached hydrogens (tertiary/aromatic N) is 1. The fourth-order valence-electron chi connectivity index (χ4n) is 2.57. The maximum Gasteiger partial charge on any atom is 0.321 e. The van der Waals surface area contributed by atoms with Crippen molar-refractivity contribution in [3.05, 3.63) is 23.8 Å². The summed E-state index contributed by atoms with van der Waals surface area (Å²) in [6.45, 7) is 10.8. The van der Waals surface area contributed by atoms with Gasteiger partial charge in [0.25, 0.3) is 0 Å². The Kier molecular flexibility index (Phi) is 5.34. The van der Waals surface area contributed by atoms with Crippen LogP contribution in [0.4, 0.5) is 10.5 Å². The van der Waals surface area contributed by atoms with Crippen molar-refractivity contribution in [2.45, 2.75) is 45.5 Å². The average Bonchev–Trinajstić information content (AvgIpc) is 2.44. The van der Waals surface area contributed by atoms with Gasteiger partial charge in [-0.15, -0.1) is 0 Å². The molecule has 1 atom stereocenters. The molecule has 0 saturated carbocycles. The summed E-state index contributed by atoms with van der Waals surface area (Å²) in [7, 11) is -0.886. The summed E-state index contributed by atoms with van der Waals surface area (Å²) in [6.07, 6.45) is 0.117. The van der Waals surface area contributed by atoms with E-state index in [0.717, 1.165) is 17.0 Å². The molecule has 1 aromatic rings. The molecule has 0 bridgehead atoms. The van der Waals surface area contributed by atoms with Crippen molar-refractivity contribution >= 4 is 22.5 Å². The molecule has 0 spiro atoms. The number of amides is 2. The van der Waals surface area contributed by atoms with Crippen LogP contribution in [-0.4, -0.2) is 44.8 Å². The fourth-order valence-corrected chi connectivity index (χ4v) is 3.81. The Balaban J connectivity index is 2.04. The molecule has 128 valence electrons. The van der Waals surface area contributed by atoms with Gasteiger partial charge >= 0.3 is 6.03 Å². The second-order valence-electron chi connectivity index (χ2n) is 6.80. The number of hydrogen-bond acceptors (Lipinski definition) is 3. The molecule has 1 N–H and O–H groups in total. The summed E-state index contributed by atoms with van der Waals surface area (Å²) < 4.78 is 17.3. The van der Waals surface area contributed by atoms with Crippen LogP contribution in [0.15, 0.2) is 18.2 Å². The normalized spacial score (nSPS) is 20.4. The Labute approximate surface area is 140 Å². The van der Waals surface area contributed by atoms with Gasteiger partial charge in [-0.25, -0.2) is 4.79 Å². The van der Waals surface area contributed by atoms with Crippen molar-refractivity contribution < 1.29 is 13.7 Å². The largest absolute Gasteiger partial charge is 0.491 e. The third-order valence-corrected chi connectivity index (χ3v) is 5.75. The first-order valence-electron chi connectivity index (χ1n) is 7.91. The van der Waals surface area contributed by atoms with Crippen LogP contribution in [0.3, 0.4) is 0 Å². The molecular weight excluding hydrogens is 312 g/mol. The monoisotopic (exact) mass is 338 g/mol. The molecule has 0 aromatic heterocycles.